The number of hydrogen-bond acceptors (Lipinski definition) is 3. The number of nitrogens with one attached hydrogen (secondary N) is 1. The average molecular weight is 225 g/mol. The monoisotopic (exact) mass is 225 g/mol. The summed E-state index contributed by atoms with van der Waals surface area (Å²) in [6, 6.07) is 0.242. The Kier molecular flexibility index (Phi) is 5.49. The molecule has 0 aromatic carbocycles. The largest absolute Gasteiger partial charge is 0.392 e. The van der Waals surface area contributed by atoms with Crippen LogP contribution in [0.4, 0.5) is 0 Å². The summed E-state index contributed by atoms with van der Waals surface area (Å²) in [5.74, 6) is 0. The molecule has 16 heavy (non-hydrogen) atoms. The van der Waals surface area contributed by atoms with Crippen molar-refractivity contribution in [3.8, 4) is 0 Å². The van der Waals surface area contributed by atoms with Crippen LogP contribution >= 0.6 is 0 Å². The van der Waals surface area contributed by atoms with Crippen LogP contribution in [0.1, 0.15) is 45.2 Å². The first kappa shape index (κ1) is 13.2. The van der Waals surface area contributed by atoms with E-state index in [1.807, 2.05) is 17.1 Å². The van der Waals surface area contributed by atoms with Gasteiger partial charge in [0.2, 0.25) is 0 Å². The van der Waals surface area contributed by atoms with Gasteiger partial charge in [-0.1, -0.05) is 13.3 Å². The molecule has 0 saturated carbocycles. The molecule has 0 radical (unpaired) electrons. The predicted octanol–water partition coefficient (Wildman–Crippen LogP) is 1.71. The first-order valence-corrected chi connectivity index (χ1v) is 6.11. The van der Waals surface area contributed by atoms with Gasteiger partial charge in [0.15, 0.2) is 0 Å². The third-order valence-electron chi connectivity index (χ3n) is 2.76. The van der Waals surface area contributed by atoms with Crippen molar-refractivity contribution in [2.45, 2.75) is 52.3 Å². The number of aryl methyl sites for hydroxylation is 1. The molecule has 0 fully saturated rings. The highest BCUT2D eigenvalue weighted by atomic mass is 16.3. The van der Waals surface area contributed by atoms with E-state index in [9.17, 15) is 5.11 Å². The molecule has 1 aromatic heterocycles. The minimum absolute atomic E-state index is 0.242. The summed E-state index contributed by atoms with van der Waals surface area (Å²) in [5.41, 5.74) is 1.17. The maximum absolute atomic E-state index is 9.61. The third kappa shape index (κ3) is 3.94. The molecule has 1 aromatic rings. The maximum atomic E-state index is 9.61. The quantitative estimate of drug-likeness (QED) is 0.743. The van der Waals surface area contributed by atoms with Crippen LogP contribution in [-0.2, 0) is 6.54 Å². The second-order valence-electron chi connectivity index (χ2n) is 4.20. The Bertz CT molecular complexity index is 298. The number of hydrogen-bond donors (Lipinski definition) is 2. The van der Waals surface area contributed by atoms with Crippen LogP contribution in [0.3, 0.4) is 0 Å². The summed E-state index contributed by atoms with van der Waals surface area (Å²) in [5, 5.41) is 17.2. The molecule has 0 amide bonds. The molecule has 2 atom stereocenters. The summed E-state index contributed by atoms with van der Waals surface area (Å²) in [6.07, 6.45) is 5.56. The Morgan fingerprint density at radius 1 is 1.50 bits per heavy atom. The molecule has 0 aliphatic carbocycles. The number of rotatable bonds is 7. The molecule has 2 N–H and O–H groups in total. The Hall–Kier alpha value is -0.870. The summed E-state index contributed by atoms with van der Waals surface area (Å²) in [6.45, 7) is 7.78. The number of aliphatic hydroxyl groups is 1. The van der Waals surface area contributed by atoms with Crippen molar-refractivity contribution in [2.24, 2.45) is 0 Å². The van der Waals surface area contributed by atoms with Gasteiger partial charge in [0.05, 0.1) is 12.3 Å². The minimum atomic E-state index is -0.242. The van der Waals surface area contributed by atoms with E-state index in [0.29, 0.717) is 6.54 Å². The summed E-state index contributed by atoms with van der Waals surface area (Å²) < 4.78 is 1.91. The van der Waals surface area contributed by atoms with Gasteiger partial charge in [-0.25, -0.2) is 0 Å². The van der Waals surface area contributed by atoms with E-state index in [1.54, 1.807) is 0 Å². The van der Waals surface area contributed by atoms with Gasteiger partial charge in [0, 0.05) is 30.9 Å². The number of nitrogens with zero attached hydrogens (tertiary/aromatic N) is 2. The first-order chi connectivity index (χ1) is 7.67. The molecule has 2 unspecified atom stereocenters. The summed E-state index contributed by atoms with van der Waals surface area (Å²) in [4.78, 5) is 0. The predicted molar refractivity (Wildman–Crippen MR) is 65.2 cm³/mol. The smallest absolute Gasteiger partial charge is 0.0664 e. The highest BCUT2D eigenvalue weighted by Gasteiger charge is 2.09. The van der Waals surface area contributed by atoms with Gasteiger partial charge in [0.1, 0.15) is 0 Å². The van der Waals surface area contributed by atoms with Gasteiger partial charge in [-0.2, -0.15) is 5.10 Å². The van der Waals surface area contributed by atoms with E-state index < -0.39 is 0 Å². The maximum Gasteiger partial charge on any atom is 0.0664 e. The van der Waals surface area contributed by atoms with E-state index >= 15 is 0 Å². The lowest BCUT2D eigenvalue weighted by molar-refractivity contribution is 0.157. The molecule has 4 nitrogen and oxygen atoms in total. The van der Waals surface area contributed by atoms with Gasteiger partial charge in [0.25, 0.3) is 0 Å². The first-order valence-electron chi connectivity index (χ1n) is 6.11. The highest BCUT2D eigenvalue weighted by molar-refractivity contribution is 5.09. The summed E-state index contributed by atoms with van der Waals surface area (Å²) >= 11 is 0. The number of aliphatic hydroxyl groups excluding tert-OH is 1. The lowest BCUT2D eigenvalue weighted by Crippen LogP contribution is -2.28. The third-order valence-corrected chi connectivity index (χ3v) is 2.76. The molecule has 0 saturated heterocycles. The molecule has 1 heterocycles. The van der Waals surface area contributed by atoms with Crippen LogP contribution in [0.25, 0.3) is 0 Å². The normalized spacial score (nSPS) is 15.0. The van der Waals surface area contributed by atoms with Crippen LogP contribution in [0.5, 0.6) is 0 Å². The van der Waals surface area contributed by atoms with Crippen molar-refractivity contribution in [1.82, 2.24) is 15.1 Å². The van der Waals surface area contributed by atoms with Crippen molar-refractivity contribution in [1.29, 1.82) is 0 Å². The fourth-order valence-electron chi connectivity index (χ4n) is 1.64. The lowest BCUT2D eigenvalue weighted by Gasteiger charge is -2.15. The van der Waals surface area contributed by atoms with Crippen LogP contribution < -0.4 is 5.32 Å². The molecular weight excluding hydrogens is 202 g/mol. The van der Waals surface area contributed by atoms with Crippen molar-refractivity contribution in [3.63, 3.8) is 0 Å². The van der Waals surface area contributed by atoms with Gasteiger partial charge >= 0.3 is 0 Å². The Morgan fingerprint density at radius 2 is 2.25 bits per heavy atom. The van der Waals surface area contributed by atoms with Crippen molar-refractivity contribution in [2.75, 3.05) is 6.54 Å². The van der Waals surface area contributed by atoms with Crippen molar-refractivity contribution < 1.29 is 5.11 Å². The fourth-order valence-corrected chi connectivity index (χ4v) is 1.64. The zero-order valence-electron chi connectivity index (χ0n) is 10.5. The molecule has 0 bridgehead atoms. The second-order valence-corrected chi connectivity index (χ2v) is 4.20. The van der Waals surface area contributed by atoms with Crippen LogP contribution in [0.15, 0.2) is 12.4 Å². The molecular formula is C12H23N3O. The van der Waals surface area contributed by atoms with Crippen LogP contribution in [-0.4, -0.2) is 27.5 Å². The van der Waals surface area contributed by atoms with Crippen LogP contribution in [0, 0.1) is 0 Å². The van der Waals surface area contributed by atoms with Gasteiger partial charge in [-0.05, 0) is 20.3 Å². The van der Waals surface area contributed by atoms with Gasteiger partial charge in [-0.15, -0.1) is 0 Å². The van der Waals surface area contributed by atoms with E-state index in [-0.39, 0.29) is 12.1 Å². The average Bonchev–Trinajstić information content (AvgIpc) is 2.75. The van der Waals surface area contributed by atoms with Crippen molar-refractivity contribution in [3.05, 3.63) is 18.0 Å². The molecule has 0 aliphatic heterocycles. The lowest BCUT2D eigenvalue weighted by atomic mass is 10.1. The Morgan fingerprint density at radius 3 is 2.81 bits per heavy atom. The number of aromatic nitrogens is 2. The van der Waals surface area contributed by atoms with Gasteiger partial charge < -0.3 is 10.4 Å². The Balaban J connectivity index is 2.37. The summed E-state index contributed by atoms with van der Waals surface area (Å²) in [7, 11) is 0. The molecule has 92 valence electrons. The molecule has 0 aliphatic rings. The SMILES string of the molecule is CCCC(O)CNC(C)c1cnn(CC)c1. The van der Waals surface area contributed by atoms with E-state index in [0.717, 1.165) is 19.4 Å². The second kappa shape index (κ2) is 6.66. The van der Waals surface area contributed by atoms with Crippen molar-refractivity contribution >= 4 is 0 Å². The van der Waals surface area contributed by atoms with E-state index in [1.165, 1.54) is 5.56 Å². The topological polar surface area (TPSA) is 50.1 Å². The minimum Gasteiger partial charge on any atom is -0.392 e. The van der Waals surface area contributed by atoms with E-state index in [4.69, 9.17) is 0 Å². The molecule has 4 heteroatoms. The molecule has 1 rings (SSSR count). The zero-order chi connectivity index (χ0) is 12.0. The van der Waals surface area contributed by atoms with E-state index in [2.05, 4.69) is 31.2 Å². The zero-order valence-corrected chi connectivity index (χ0v) is 10.5. The molecule has 0 spiro atoms. The fraction of sp³-hybridized carbons (Fsp3) is 0.750. The van der Waals surface area contributed by atoms with Crippen LogP contribution in [0.2, 0.25) is 0 Å². The standard InChI is InChI=1S/C12H23N3O/c1-4-6-12(16)8-13-10(3)11-7-14-15(5-2)9-11/h7,9-10,12-13,16H,4-6,8H2,1-3H3. The Labute approximate surface area is 97.7 Å². The highest BCUT2D eigenvalue weighted by Crippen LogP contribution is 2.10. The van der Waals surface area contributed by atoms with Gasteiger partial charge in [-0.3, -0.25) is 4.68 Å².